The van der Waals surface area contributed by atoms with Crippen molar-refractivity contribution in [2.24, 2.45) is 0 Å². The van der Waals surface area contributed by atoms with Gasteiger partial charge in [-0.3, -0.25) is 13.9 Å². The Labute approximate surface area is 57.0 Å². The van der Waals surface area contributed by atoms with E-state index < -0.39 is 15.0 Å². The Morgan fingerprint density at radius 2 is 1.56 bits per heavy atom. The van der Waals surface area contributed by atoms with E-state index in [1.54, 1.807) is 0 Å². The molecule has 9 heavy (non-hydrogen) atoms. The van der Waals surface area contributed by atoms with Gasteiger partial charge < -0.3 is 5.11 Å². The summed E-state index contributed by atoms with van der Waals surface area (Å²) in [7, 11) is -3.83. The Morgan fingerprint density at radius 1 is 1.56 bits per heavy atom. The van der Waals surface area contributed by atoms with Gasteiger partial charge in [0.25, 0.3) is 15.0 Å². The van der Waals surface area contributed by atoms with Crippen molar-refractivity contribution >= 4 is 26.2 Å². The van der Waals surface area contributed by atoms with Gasteiger partial charge in [-0.2, -0.15) is 4.21 Å². The lowest BCUT2D eigenvalue weighted by atomic mass is 10.9. The molecule has 3 N–H and O–H groups in total. The highest BCUT2D eigenvalue weighted by Crippen LogP contribution is 1.62. The summed E-state index contributed by atoms with van der Waals surface area (Å²) >= 11 is 3.47. The van der Waals surface area contributed by atoms with Gasteiger partial charge >= 0.3 is 0 Å². The van der Waals surface area contributed by atoms with E-state index in [9.17, 15) is 0 Å². The minimum atomic E-state index is -3.83. The van der Waals surface area contributed by atoms with Crippen molar-refractivity contribution in [1.82, 2.24) is 0 Å². The van der Waals surface area contributed by atoms with Gasteiger partial charge in [-0.05, 0) is 0 Å². The molecule has 0 aliphatic carbocycles. The van der Waals surface area contributed by atoms with Crippen LogP contribution in [0.5, 0.6) is 0 Å². The number of carboxylic acid groups (broad SMARTS) is 1. The van der Waals surface area contributed by atoms with Crippen molar-refractivity contribution < 1.29 is 23.2 Å². The average molecular weight is 174 g/mol. The number of aliphatic carboxylic acids is 1. The second kappa shape index (κ2) is 4.62. The molecule has 5 nitrogen and oxygen atoms in total. The fourth-order valence-corrected chi connectivity index (χ4v) is 0. The lowest BCUT2D eigenvalue weighted by Gasteiger charge is -1.73. The zero-order chi connectivity index (χ0) is 8.08. The predicted octanol–water partition coefficient (Wildman–Crippen LogP) is -0.230. The minimum Gasteiger partial charge on any atom is -0.481 e. The summed E-state index contributed by atoms with van der Waals surface area (Å²) in [6.07, 6.45) is 0. The van der Waals surface area contributed by atoms with Gasteiger partial charge in [0.1, 0.15) is 0 Å². The zero-order valence-corrected chi connectivity index (χ0v) is 6.11. The molecule has 0 rings (SSSR count). The first-order valence-corrected chi connectivity index (χ1v) is 4.02. The van der Waals surface area contributed by atoms with Gasteiger partial charge in [0, 0.05) is 18.1 Å². The largest absolute Gasteiger partial charge is 0.481 e. The number of carboxylic acids is 1. The Hall–Kier alpha value is -0.240. The van der Waals surface area contributed by atoms with Crippen LogP contribution in [0.15, 0.2) is 0 Å². The fourth-order valence-electron chi connectivity index (χ4n) is 0. The summed E-state index contributed by atoms with van der Waals surface area (Å²) in [5, 5.41) is 7.42. The molecule has 0 radical (unpaired) electrons. The van der Waals surface area contributed by atoms with Crippen molar-refractivity contribution in [3.63, 3.8) is 0 Å². The Bertz CT molecular complexity index is 155. The summed E-state index contributed by atoms with van der Waals surface area (Å²) in [6.45, 7) is 1.08. The Kier molecular flexibility index (Phi) is 5.93. The summed E-state index contributed by atoms with van der Waals surface area (Å²) in [5.41, 5.74) is 0. The van der Waals surface area contributed by atoms with Crippen molar-refractivity contribution in [2.45, 2.75) is 6.92 Å². The van der Waals surface area contributed by atoms with Crippen LogP contribution in [-0.2, 0) is 25.0 Å². The van der Waals surface area contributed by atoms with E-state index in [0.717, 1.165) is 6.92 Å². The van der Waals surface area contributed by atoms with Gasteiger partial charge in [-0.1, -0.05) is 0 Å². The molecule has 0 aromatic heterocycles. The first-order chi connectivity index (χ1) is 3.73. The molecule has 7 heteroatoms. The van der Waals surface area contributed by atoms with Crippen LogP contribution < -0.4 is 0 Å². The number of carbonyl (C=O) groups is 1. The first-order valence-electron chi connectivity index (χ1n) is 1.63. The maximum Gasteiger partial charge on any atom is 0.300 e. The predicted molar refractivity (Wildman–Crippen MR) is 34.1 cm³/mol. The third kappa shape index (κ3) is 4470. The van der Waals surface area contributed by atoms with Crippen LogP contribution in [0, 0.1) is 0 Å². The van der Waals surface area contributed by atoms with Crippen LogP contribution in [-0.4, -0.2) is 24.4 Å². The molecule has 0 spiro atoms. The molecule has 0 fully saturated rings. The van der Waals surface area contributed by atoms with Crippen LogP contribution in [0.25, 0.3) is 0 Å². The third-order valence-electron chi connectivity index (χ3n) is 0. The van der Waals surface area contributed by atoms with Crippen LogP contribution in [0.4, 0.5) is 0 Å². The maximum atomic E-state index is 9.11. The average Bonchev–Trinajstić information content (AvgIpc) is 1.19. The summed E-state index contributed by atoms with van der Waals surface area (Å²) in [5.74, 6) is -0.833. The molecule has 56 valence electrons. The van der Waals surface area contributed by atoms with E-state index in [-0.39, 0.29) is 0 Å². The third-order valence-corrected chi connectivity index (χ3v) is 0. The molecule has 0 unspecified atom stereocenters. The normalized spacial score (nSPS) is 9.22. The molecule has 0 aliphatic heterocycles. The van der Waals surface area contributed by atoms with Gasteiger partial charge in [0.05, 0.1) is 0 Å². The van der Waals surface area contributed by atoms with Gasteiger partial charge in [0.15, 0.2) is 0 Å². The van der Waals surface area contributed by atoms with E-state index in [4.69, 9.17) is 23.2 Å². The topological polar surface area (TPSA) is 94.8 Å². The zero-order valence-electron chi connectivity index (χ0n) is 4.47. The van der Waals surface area contributed by atoms with E-state index >= 15 is 0 Å². The van der Waals surface area contributed by atoms with Crippen LogP contribution in [0.1, 0.15) is 6.92 Å². The number of rotatable bonds is 0. The van der Waals surface area contributed by atoms with Gasteiger partial charge in [-0.25, -0.2) is 0 Å². The summed E-state index contributed by atoms with van der Waals surface area (Å²) in [6, 6.07) is 0. The van der Waals surface area contributed by atoms with Crippen LogP contribution in [0.3, 0.4) is 0 Å². The lowest BCUT2D eigenvalue weighted by Crippen LogP contribution is -1.86. The van der Waals surface area contributed by atoms with Crippen molar-refractivity contribution in [3.05, 3.63) is 0 Å². The SMILES string of the molecule is CC(=O)O.O=S(O)(O)=S. The molecule has 0 atom stereocenters. The highest BCUT2D eigenvalue weighted by molar-refractivity contribution is 8.26. The van der Waals surface area contributed by atoms with E-state index in [1.165, 1.54) is 0 Å². The van der Waals surface area contributed by atoms with Crippen LogP contribution >= 0.6 is 0 Å². The number of hydrogen-bond donors (Lipinski definition) is 3. The van der Waals surface area contributed by atoms with Gasteiger partial charge in [0.2, 0.25) is 0 Å². The van der Waals surface area contributed by atoms with Crippen LogP contribution in [0.2, 0.25) is 0 Å². The first kappa shape index (κ1) is 11.5. The Morgan fingerprint density at radius 3 is 1.56 bits per heavy atom. The molecule has 0 bridgehead atoms. The van der Waals surface area contributed by atoms with E-state index in [0.29, 0.717) is 0 Å². The molecule has 0 saturated heterocycles. The van der Waals surface area contributed by atoms with Gasteiger partial charge in [-0.15, -0.1) is 0 Å². The van der Waals surface area contributed by atoms with Crippen molar-refractivity contribution in [3.8, 4) is 0 Å². The maximum absolute atomic E-state index is 9.11. The molecular formula is C2H6O5S2. The molecule has 0 heterocycles. The monoisotopic (exact) mass is 174 g/mol. The standard InChI is InChI=1S/C2H4O2.H2O3S2/c1-2(3)4;1-5(2,3)4/h1H3,(H,3,4);(H2,1,2,3,4). The molecular weight excluding hydrogens is 168 g/mol. The highest BCUT2D eigenvalue weighted by Gasteiger charge is 1.78. The van der Waals surface area contributed by atoms with E-state index in [2.05, 4.69) is 11.2 Å². The smallest absolute Gasteiger partial charge is 0.300 e. The number of hydrogen-bond acceptors (Lipinski definition) is 3. The second-order valence-corrected chi connectivity index (χ2v) is 3.17. The van der Waals surface area contributed by atoms with E-state index in [1.807, 2.05) is 0 Å². The quantitative estimate of drug-likeness (QED) is 0.469. The van der Waals surface area contributed by atoms with Crippen molar-refractivity contribution in [1.29, 1.82) is 0 Å². The molecule has 0 amide bonds. The molecule has 0 saturated carbocycles. The summed E-state index contributed by atoms with van der Waals surface area (Å²) in [4.78, 5) is 9.00. The Balaban J connectivity index is 0. The van der Waals surface area contributed by atoms with Crippen molar-refractivity contribution in [2.75, 3.05) is 0 Å². The molecule has 0 aromatic carbocycles. The fraction of sp³-hybridized carbons (Fsp3) is 0.500. The summed E-state index contributed by atoms with van der Waals surface area (Å²) < 4.78 is 24.0. The molecule has 0 aromatic rings. The second-order valence-electron chi connectivity index (χ2n) is 0.967. The minimum absolute atomic E-state index is 0.833. The highest BCUT2D eigenvalue weighted by atomic mass is 32.9. The lowest BCUT2D eigenvalue weighted by molar-refractivity contribution is -0.134. The molecule has 0 aliphatic rings.